The molecule has 2 aliphatic heterocycles. The summed E-state index contributed by atoms with van der Waals surface area (Å²) in [7, 11) is 1.56. The van der Waals surface area contributed by atoms with Crippen molar-refractivity contribution in [2.24, 2.45) is 5.92 Å². The van der Waals surface area contributed by atoms with Crippen LogP contribution in [0.4, 0.5) is 0 Å². The normalized spacial score (nSPS) is 20.5. The predicted molar refractivity (Wildman–Crippen MR) is 197 cm³/mol. The van der Waals surface area contributed by atoms with Crippen molar-refractivity contribution in [1.82, 2.24) is 31.2 Å². The second-order valence-electron chi connectivity index (χ2n) is 13.3. The number of carbonyl (C=O) groups excluding carboxylic acids is 5. The number of rotatable bonds is 7. The van der Waals surface area contributed by atoms with E-state index in [9.17, 15) is 24.0 Å². The molecule has 2 bridgehead atoms. The third-order valence-corrected chi connectivity index (χ3v) is 10.2. The number of thiazole rings is 1. The van der Waals surface area contributed by atoms with Crippen LogP contribution in [0.3, 0.4) is 0 Å². The Morgan fingerprint density at radius 1 is 0.941 bits per heavy atom. The third kappa shape index (κ3) is 10.9. The molecule has 2 aliphatic rings. The summed E-state index contributed by atoms with van der Waals surface area (Å²) in [6.07, 6.45) is 1.94. The molecule has 4 N–H and O–H groups in total. The van der Waals surface area contributed by atoms with E-state index in [-0.39, 0.29) is 30.1 Å². The van der Waals surface area contributed by atoms with Gasteiger partial charge in [-0.05, 0) is 61.1 Å². The number of hydrogen-bond acceptors (Lipinski definition) is 8. The summed E-state index contributed by atoms with van der Waals surface area (Å²) in [6, 6.07) is 11.2. The van der Waals surface area contributed by atoms with Crippen LogP contribution in [0.1, 0.15) is 96.8 Å². The summed E-state index contributed by atoms with van der Waals surface area (Å²) < 4.78 is 5.25. The first-order valence-corrected chi connectivity index (χ1v) is 18.4. The van der Waals surface area contributed by atoms with Crippen molar-refractivity contribution < 1.29 is 28.7 Å². The lowest BCUT2D eigenvalue weighted by molar-refractivity contribution is -0.132. The van der Waals surface area contributed by atoms with Crippen LogP contribution >= 0.6 is 11.3 Å². The van der Waals surface area contributed by atoms with Crippen molar-refractivity contribution in [2.45, 2.75) is 90.9 Å². The molecule has 0 aliphatic carbocycles. The minimum absolute atomic E-state index is 0.146. The maximum absolute atomic E-state index is 13.8. The van der Waals surface area contributed by atoms with Crippen LogP contribution in [-0.4, -0.2) is 77.7 Å². The fourth-order valence-corrected chi connectivity index (χ4v) is 6.42. The molecule has 5 rings (SSSR count). The Hall–Kier alpha value is -4.78. The fraction of sp³-hybridized carbons (Fsp3) is 0.474. The zero-order chi connectivity index (χ0) is 37.1. The standard InChI is InChI=1S/C38H50N6O6S/c1-7-24(4)32-36(48)41-30(20-26-12-16-29(50-6)17-13-26)35(47)40-25(5)33(45)39-18-8-9-19-44(38(49)31-22-51-37(42-31)23(2)3)21-27-10-14-28(15-11-27)34(46)43-32/h10-17,22-25,30,32H,7-9,18-21H2,1-6H3,(H,39,45)(H,40,47)(H,41,48)(H,43,46)/t24-,25+,30-,32?/m0/s1. The third-order valence-electron chi connectivity index (χ3n) is 9.03. The van der Waals surface area contributed by atoms with Gasteiger partial charge in [0, 0.05) is 42.9 Å². The van der Waals surface area contributed by atoms with E-state index in [1.807, 2.05) is 27.7 Å². The highest BCUT2D eigenvalue weighted by Gasteiger charge is 2.31. The van der Waals surface area contributed by atoms with Gasteiger partial charge in [-0.1, -0.05) is 58.4 Å². The molecule has 5 amide bonds. The Morgan fingerprint density at radius 2 is 1.65 bits per heavy atom. The van der Waals surface area contributed by atoms with Gasteiger partial charge in [0.05, 0.1) is 12.1 Å². The summed E-state index contributed by atoms with van der Waals surface area (Å²) in [5, 5.41) is 14.0. The molecular weight excluding hydrogens is 669 g/mol. The summed E-state index contributed by atoms with van der Waals surface area (Å²) in [6.45, 7) is 10.5. The Kier molecular flexibility index (Phi) is 14.1. The number of amides is 5. The number of aromatic nitrogens is 1. The molecule has 3 aromatic rings. The van der Waals surface area contributed by atoms with Gasteiger partial charge in [0.15, 0.2) is 0 Å². The van der Waals surface area contributed by atoms with Crippen LogP contribution in [0, 0.1) is 5.92 Å². The van der Waals surface area contributed by atoms with Crippen molar-refractivity contribution in [3.63, 3.8) is 0 Å². The van der Waals surface area contributed by atoms with E-state index in [4.69, 9.17) is 4.74 Å². The molecule has 3 heterocycles. The van der Waals surface area contributed by atoms with E-state index in [2.05, 4.69) is 26.3 Å². The Labute approximate surface area is 304 Å². The van der Waals surface area contributed by atoms with Gasteiger partial charge in [0.1, 0.15) is 29.6 Å². The van der Waals surface area contributed by atoms with Crippen LogP contribution < -0.4 is 26.0 Å². The number of hydrogen-bond donors (Lipinski definition) is 4. The van der Waals surface area contributed by atoms with Crippen LogP contribution in [0.2, 0.25) is 0 Å². The van der Waals surface area contributed by atoms with Gasteiger partial charge in [-0.25, -0.2) is 4.98 Å². The Bertz CT molecular complexity index is 1660. The van der Waals surface area contributed by atoms with Crippen molar-refractivity contribution >= 4 is 40.9 Å². The summed E-state index contributed by atoms with van der Waals surface area (Å²) >= 11 is 1.46. The van der Waals surface area contributed by atoms with Gasteiger partial charge in [-0.15, -0.1) is 11.3 Å². The lowest BCUT2D eigenvalue weighted by Crippen LogP contribution is -2.58. The monoisotopic (exact) mass is 718 g/mol. The molecule has 0 spiro atoms. The first-order valence-electron chi connectivity index (χ1n) is 17.6. The summed E-state index contributed by atoms with van der Waals surface area (Å²) in [5.41, 5.74) is 2.35. The average Bonchev–Trinajstić information content (AvgIpc) is 3.63. The SMILES string of the molecule is CC[C@H](C)C1NC(=O)c2ccc(cc2)CN(C(=O)c2csc(C(C)C)n2)CCCCNC(=O)[C@@H](C)NC(=O)[C@H](Cc2ccc(OC)cc2)NC1=O. The number of carbonyl (C=O) groups is 5. The number of nitrogens with zero attached hydrogens (tertiary/aromatic N) is 2. The molecular formula is C38H50N6O6S. The van der Waals surface area contributed by atoms with Crippen LogP contribution in [0.15, 0.2) is 53.9 Å². The molecule has 13 heteroatoms. The van der Waals surface area contributed by atoms with Gasteiger partial charge >= 0.3 is 0 Å². The fourth-order valence-electron chi connectivity index (χ4n) is 5.61. The summed E-state index contributed by atoms with van der Waals surface area (Å²) in [4.78, 5) is 73.9. The van der Waals surface area contributed by atoms with Gasteiger partial charge in [-0.3, -0.25) is 24.0 Å². The van der Waals surface area contributed by atoms with E-state index < -0.39 is 35.8 Å². The molecule has 0 radical (unpaired) electrons. The first kappa shape index (κ1) is 39.0. The number of methoxy groups -OCH3 is 1. The molecule has 0 fully saturated rings. The Balaban J connectivity index is 1.61. The number of fused-ring (bicyclic) bond motifs is 18. The zero-order valence-electron chi connectivity index (χ0n) is 30.3. The van der Waals surface area contributed by atoms with Gasteiger partial charge in [0.25, 0.3) is 11.8 Å². The van der Waals surface area contributed by atoms with E-state index in [1.165, 1.54) is 11.3 Å². The van der Waals surface area contributed by atoms with E-state index in [0.717, 1.165) is 16.1 Å². The lowest BCUT2D eigenvalue weighted by Gasteiger charge is -2.27. The quantitative estimate of drug-likeness (QED) is 0.267. The second-order valence-corrected chi connectivity index (χ2v) is 14.2. The molecule has 4 atom stereocenters. The minimum Gasteiger partial charge on any atom is -0.497 e. The number of benzene rings is 2. The van der Waals surface area contributed by atoms with Crippen molar-refractivity contribution in [1.29, 1.82) is 0 Å². The molecule has 0 saturated carbocycles. The summed E-state index contributed by atoms with van der Waals surface area (Å²) in [5.74, 6) is -1.45. The molecule has 1 unspecified atom stereocenters. The molecule has 2 aromatic carbocycles. The highest BCUT2D eigenvalue weighted by Crippen LogP contribution is 2.21. The van der Waals surface area contributed by atoms with Crippen molar-refractivity contribution in [3.8, 4) is 5.75 Å². The van der Waals surface area contributed by atoms with E-state index in [0.29, 0.717) is 55.9 Å². The highest BCUT2D eigenvalue weighted by molar-refractivity contribution is 7.09. The number of ether oxygens (including phenoxy) is 1. The van der Waals surface area contributed by atoms with Gasteiger partial charge in [-0.2, -0.15) is 0 Å². The molecule has 274 valence electrons. The molecule has 12 nitrogen and oxygen atoms in total. The lowest BCUT2D eigenvalue weighted by atomic mass is 9.96. The largest absolute Gasteiger partial charge is 0.497 e. The topological polar surface area (TPSA) is 159 Å². The zero-order valence-corrected chi connectivity index (χ0v) is 31.1. The minimum atomic E-state index is -1.03. The van der Waals surface area contributed by atoms with E-state index >= 15 is 0 Å². The average molecular weight is 719 g/mol. The maximum atomic E-state index is 13.8. The first-order chi connectivity index (χ1) is 24.4. The smallest absolute Gasteiger partial charge is 0.273 e. The van der Waals surface area contributed by atoms with Crippen LogP contribution in [0.25, 0.3) is 0 Å². The van der Waals surface area contributed by atoms with Crippen molar-refractivity contribution in [2.75, 3.05) is 20.2 Å². The molecule has 1 aromatic heterocycles. The van der Waals surface area contributed by atoms with Crippen LogP contribution in [0.5, 0.6) is 5.75 Å². The van der Waals surface area contributed by atoms with Gasteiger partial charge < -0.3 is 30.9 Å². The maximum Gasteiger partial charge on any atom is 0.273 e. The molecule has 51 heavy (non-hydrogen) atoms. The number of nitrogens with one attached hydrogen (secondary N) is 4. The van der Waals surface area contributed by atoms with Crippen molar-refractivity contribution in [3.05, 3.63) is 81.3 Å². The second kappa shape index (κ2) is 18.5. The van der Waals surface area contributed by atoms with E-state index in [1.54, 1.807) is 72.8 Å². The van der Waals surface area contributed by atoms with Gasteiger partial charge in [0.2, 0.25) is 17.7 Å². The predicted octanol–water partition coefficient (Wildman–Crippen LogP) is 4.20. The Morgan fingerprint density at radius 3 is 2.27 bits per heavy atom. The molecule has 0 saturated heterocycles. The van der Waals surface area contributed by atoms with Crippen LogP contribution in [-0.2, 0) is 27.3 Å². The highest BCUT2D eigenvalue weighted by atomic mass is 32.1.